The van der Waals surface area contributed by atoms with Gasteiger partial charge in [-0.3, -0.25) is 9.36 Å². The van der Waals surface area contributed by atoms with Crippen LogP contribution in [0.5, 0.6) is 0 Å². The Labute approximate surface area is 151 Å². The van der Waals surface area contributed by atoms with E-state index in [1.54, 1.807) is 0 Å². The molecule has 2 aromatic carbocycles. The molecule has 0 aliphatic rings. The summed E-state index contributed by atoms with van der Waals surface area (Å²) in [5, 5.41) is 12.3. The highest BCUT2D eigenvalue weighted by atomic mass is 32.2. The van der Waals surface area contributed by atoms with Gasteiger partial charge in [0.15, 0.2) is 11.0 Å². The summed E-state index contributed by atoms with van der Waals surface area (Å²) in [5.41, 5.74) is 1.96. The highest BCUT2D eigenvalue weighted by Crippen LogP contribution is 2.27. The first kappa shape index (κ1) is 17.2. The maximum atomic E-state index is 11.9. The van der Waals surface area contributed by atoms with Gasteiger partial charge in [0, 0.05) is 17.8 Å². The molecule has 0 saturated carbocycles. The SMILES string of the molecule is CCCNC(=O)CSc1nnc(-c2ccccc2)n1-c1ccccc1. The Morgan fingerprint density at radius 2 is 1.72 bits per heavy atom. The van der Waals surface area contributed by atoms with Gasteiger partial charge in [-0.1, -0.05) is 67.2 Å². The molecule has 0 unspecified atom stereocenters. The number of benzene rings is 2. The summed E-state index contributed by atoms with van der Waals surface area (Å²) >= 11 is 1.39. The van der Waals surface area contributed by atoms with Crippen molar-refractivity contribution in [3.05, 3.63) is 60.7 Å². The molecule has 3 rings (SSSR count). The Hall–Kier alpha value is -2.60. The smallest absolute Gasteiger partial charge is 0.230 e. The molecule has 0 atom stereocenters. The van der Waals surface area contributed by atoms with E-state index in [1.807, 2.05) is 72.2 Å². The maximum absolute atomic E-state index is 11.9. The lowest BCUT2D eigenvalue weighted by Gasteiger charge is -2.10. The number of hydrogen-bond acceptors (Lipinski definition) is 4. The van der Waals surface area contributed by atoms with Crippen LogP contribution in [0, 0.1) is 0 Å². The number of amides is 1. The Kier molecular flexibility index (Phi) is 5.85. The van der Waals surface area contributed by atoms with Crippen LogP contribution < -0.4 is 5.32 Å². The summed E-state index contributed by atoms with van der Waals surface area (Å²) < 4.78 is 1.99. The largest absolute Gasteiger partial charge is 0.355 e. The van der Waals surface area contributed by atoms with Crippen LogP contribution in [0.2, 0.25) is 0 Å². The molecule has 128 valence electrons. The monoisotopic (exact) mass is 352 g/mol. The third-order valence-electron chi connectivity index (χ3n) is 3.58. The molecule has 0 aliphatic heterocycles. The molecular formula is C19H20N4OS. The molecule has 0 radical (unpaired) electrons. The fourth-order valence-corrected chi connectivity index (χ4v) is 3.17. The number of nitrogens with zero attached hydrogens (tertiary/aromatic N) is 3. The quantitative estimate of drug-likeness (QED) is 0.661. The van der Waals surface area contributed by atoms with Crippen LogP contribution in [-0.2, 0) is 4.79 Å². The van der Waals surface area contributed by atoms with Crippen LogP contribution in [0.3, 0.4) is 0 Å². The average molecular weight is 352 g/mol. The third-order valence-corrected chi connectivity index (χ3v) is 4.51. The number of aromatic nitrogens is 3. The average Bonchev–Trinajstić information content (AvgIpc) is 3.10. The summed E-state index contributed by atoms with van der Waals surface area (Å²) in [6, 6.07) is 19.9. The van der Waals surface area contributed by atoms with Gasteiger partial charge in [-0.15, -0.1) is 10.2 Å². The van der Waals surface area contributed by atoms with Crippen molar-refractivity contribution in [1.82, 2.24) is 20.1 Å². The molecule has 1 heterocycles. The van der Waals surface area contributed by atoms with Gasteiger partial charge in [-0.05, 0) is 18.6 Å². The van der Waals surface area contributed by atoms with Gasteiger partial charge in [0.1, 0.15) is 0 Å². The highest BCUT2D eigenvalue weighted by Gasteiger charge is 2.16. The summed E-state index contributed by atoms with van der Waals surface area (Å²) in [6.07, 6.45) is 0.925. The van der Waals surface area contributed by atoms with Crippen molar-refractivity contribution >= 4 is 17.7 Å². The second-order valence-electron chi connectivity index (χ2n) is 5.48. The normalized spacial score (nSPS) is 10.6. The Balaban J connectivity index is 1.91. The van der Waals surface area contributed by atoms with Crippen LogP contribution in [-0.4, -0.2) is 33.0 Å². The number of hydrogen-bond donors (Lipinski definition) is 1. The van der Waals surface area contributed by atoms with E-state index >= 15 is 0 Å². The van der Waals surface area contributed by atoms with E-state index in [0.717, 1.165) is 23.5 Å². The van der Waals surface area contributed by atoms with Crippen molar-refractivity contribution in [3.63, 3.8) is 0 Å². The lowest BCUT2D eigenvalue weighted by Crippen LogP contribution is -2.25. The minimum absolute atomic E-state index is 0.00993. The third kappa shape index (κ3) is 4.28. The van der Waals surface area contributed by atoms with E-state index < -0.39 is 0 Å². The molecule has 0 aliphatic carbocycles. The first-order valence-corrected chi connectivity index (χ1v) is 9.24. The highest BCUT2D eigenvalue weighted by molar-refractivity contribution is 7.99. The van der Waals surface area contributed by atoms with E-state index in [0.29, 0.717) is 17.5 Å². The number of carbonyl (C=O) groups excluding carboxylic acids is 1. The molecule has 1 aromatic heterocycles. The lowest BCUT2D eigenvalue weighted by atomic mass is 10.2. The van der Waals surface area contributed by atoms with E-state index in [1.165, 1.54) is 11.8 Å². The molecule has 1 amide bonds. The van der Waals surface area contributed by atoms with Gasteiger partial charge in [-0.2, -0.15) is 0 Å². The zero-order valence-electron chi connectivity index (χ0n) is 14.1. The number of para-hydroxylation sites is 1. The minimum Gasteiger partial charge on any atom is -0.355 e. The van der Waals surface area contributed by atoms with Gasteiger partial charge in [0.25, 0.3) is 0 Å². The Morgan fingerprint density at radius 1 is 1.04 bits per heavy atom. The molecule has 5 nitrogen and oxygen atoms in total. The van der Waals surface area contributed by atoms with E-state index in [9.17, 15) is 4.79 Å². The second-order valence-corrected chi connectivity index (χ2v) is 6.42. The van der Waals surface area contributed by atoms with Crippen molar-refractivity contribution in [2.75, 3.05) is 12.3 Å². The van der Waals surface area contributed by atoms with E-state index in [-0.39, 0.29) is 5.91 Å². The Bertz CT molecular complexity index is 818. The number of carbonyl (C=O) groups is 1. The van der Waals surface area contributed by atoms with Crippen LogP contribution in [0.1, 0.15) is 13.3 Å². The summed E-state index contributed by atoms with van der Waals surface area (Å²) in [6.45, 7) is 2.73. The van der Waals surface area contributed by atoms with Crippen molar-refractivity contribution in [2.45, 2.75) is 18.5 Å². The molecule has 0 fully saturated rings. The summed E-state index contributed by atoms with van der Waals surface area (Å²) in [7, 11) is 0. The van der Waals surface area contributed by atoms with Crippen LogP contribution >= 0.6 is 11.8 Å². The molecular weight excluding hydrogens is 332 g/mol. The van der Waals surface area contributed by atoms with Gasteiger partial charge in [0.05, 0.1) is 5.75 Å². The molecule has 0 saturated heterocycles. The second kappa shape index (κ2) is 8.48. The molecule has 0 spiro atoms. The molecule has 25 heavy (non-hydrogen) atoms. The molecule has 6 heteroatoms. The molecule has 0 bridgehead atoms. The number of nitrogens with one attached hydrogen (secondary N) is 1. The predicted molar refractivity (Wildman–Crippen MR) is 101 cm³/mol. The van der Waals surface area contributed by atoms with Crippen LogP contribution in [0.15, 0.2) is 65.8 Å². The molecule has 1 N–H and O–H groups in total. The fourth-order valence-electron chi connectivity index (χ4n) is 2.39. The first-order chi connectivity index (χ1) is 12.3. The number of rotatable bonds is 7. The summed E-state index contributed by atoms with van der Waals surface area (Å²) in [5.74, 6) is 1.10. The van der Waals surface area contributed by atoms with Crippen molar-refractivity contribution in [2.24, 2.45) is 0 Å². The minimum atomic E-state index is 0.00993. The van der Waals surface area contributed by atoms with Crippen LogP contribution in [0.4, 0.5) is 0 Å². The van der Waals surface area contributed by atoms with Crippen molar-refractivity contribution in [3.8, 4) is 17.1 Å². The lowest BCUT2D eigenvalue weighted by molar-refractivity contribution is -0.118. The number of thioether (sulfide) groups is 1. The van der Waals surface area contributed by atoms with Crippen LogP contribution in [0.25, 0.3) is 17.1 Å². The van der Waals surface area contributed by atoms with E-state index in [4.69, 9.17) is 0 Å². The standard InChI is InChI=1S/C19H20N4OS/c1-2-13-20-17(24)14-25-19-22-21-18(15-9-5-3-6-10-15)23(19)16-11-7-4-8-12-16/h3-12H,2,13-14H2,1H3,(H,20,24). The van der Waals surface area contributed by atoms with Gasteiger partial charge < -0.3 is 5.32 Å². The van der Waals surface area contributed by atoms with Gasteiger partial charge in [0.2, 0.25) is 5.91 Å². The predicted octanol–water partition coefficient (Wildman–Crippen LogP) is 3.55. The zero-order chi connectivity index (χ0) is 17.5. The van der Waals surface area contributed by atoms with Crippen molar-refractivity contribution in [1.29, 1.82) is 0 Å². The van der Waals surface area contributed by atoms with Gasteiger partial charge in [-0.25, -0.2) is 0 Å². The maximum Gasteiger partial charge on any atom is 0.230 e. The Morgan fingerprint density at radius 3 is 2.40 bits per heavy atom. The summed E-state index contributed by atoms with van der Waals surface area (Å²) in [4.78, 5) is 11.9. The van der Waals surface area contributed by atoms with Gasteiger partial charge >= 0.3 is 0 Å². The fraction of sp³-hybridized carbons (Fsp3) is 0.211. The van der Waals surface area contributed by atoms with Crippen molar-refractivity contribution < 1.29 is 4.79 Å². The topological polar surface area (TPSA) is 59.8 Å². The zero-order valence-corrected chi connectivity index (χ0v) is 14.9. The molecule has 3 aromatic rings. The van der Waals surface area contributed by atoms with E-state index in [2.05, 4.69) is 15.5 Å². The first-order valence-electron chi connectivity index (χ1n) is 8.25.